The molecule has 0 spiro atoms. The zero-order valence-electron chi connectivity index (χ0n) is 13.6. The molecule has 6 nitrogen and oxygen atoms in total. The number of aromatic nitrogens is 1. The predicted octanol–water partition coefficient (Wildman–Crippen LogP) is 3.60. The number of amides is 1. The van der Waals surface area contributed by atoms with Crippen LogP contribution in [-0.4, -0.2) is 24.3 Å². The molecule has 0 aliphatic carbocycles. The summed E-state index contributed by atoms with van der Waals surface area (Å²) in [6.45, 7) is 2.79. The maximum absolute atomic E-state index is 12.2. The third kappa shape index (κ3) is 3.36. The van der Waals surface area contributed by atoms with Crippen LogP contribution in [0.5, 0.6) is 17.2 Å². The summed E-state index contributed by atoms with van der Waals surface area (Å²) in [5.41, 5.74) is 1.70. The lowest BCUT2D eigenvalue weighted by Gasteiger charge is -2.05. The fourth-order valence-corrected chi connectivity index (χ4v) is 3.48. The van der Waals surface area contributed by atoms with Gasteiger partial charge in [0.25, 0.3) is 0 Å². The van der Waals surface area contributed by atoms with E-state index in [9.17, 15) is 4.79 Å². The second-order valence-electron chi connectivity index (χ2n) is 5.49. The molecule has 0 saturated carbocycles. The van der Waals surface area contributed by atoms with Crippen molar-refractivity contribution >= 4 is 32.6 Å². The number of ether oxygens (including phenoxy) is 3. The summed E-state index contributed by atoms with van der Waals surface area (Å²) < 4.78 is 17.1. The standard InChI is InChI=1S/C18H16N2O4S/c1-2-22-12-5-3-11(4-6-12)7-17(21)20-18-19-13-8-14-15(24-10-23-14)9-16(13)25-18/h3-6,8-9H,2,7,10H2,1H3,(H,19,20,21). The minimum absolute atomic E-state index is 0.108. The maximum Gasteiger partial charge on any atom is 0.231 e. The number of thiazole rings is 1. The number of fused-ring (bicyclic) bond motifs is 2. The van der Waals surface area contributed by atoms with Gasteiger partial charge < -0.3 is 19.5 Å². The zero-order chi connectivity index (χ0) is 17.2. The molecule has 128 valence electrons. The van der Waals surface area contributed by atoms with Crippen LogP contribution in [0.3, 0.4) is 0 Å². The van der Waals surface area contributed by atoms with Gasteiger partial charge in [-0.2, -0.15) is 0 Å². The van der Waals surface area contributed by atoms with Gasteiger partial charge in [0.15, 0.2) is 16.6 Å². The average molecular weight is 356 g/mol. The van der Waals surface area contributed by atoms with Crippen molar-refractivity contribution in [1.29, 1.82) is 0 Å². The molecule has 1 amide bonds. The van der Waals surface area contributed by atoms with Crippen LogP contribution < -0.4 is 19.5 Å². The lowest BCUT2D eigenvalue weighted by atomic mass is 10.1. The van der Waals surface area contributed by atoms with E-state index in [2.05, 4.69) is 10.3 Å². The summed E-state index contributed by atoms with van der Waals surface area (Å²) in [5, 5.41) is 3.41. The van der Waals surface area contributed by atoms with Crippen LogP contribution in [0.1, 0.15) is 12.5 Å². The highest BCUT2D eigenvalue weighted by Gasteiger charge is 2.17. The molecule has 0 radical (unpaired) electrons. The topological polar surface area (TPSA) is 69.7 Å². The molecular formula is C18H16N2O4S. The van der Waals surface area contributed by atoms with Crippen LogP contribution in [0.4, 0.5) is 5.13 Å². The van der Waals surface area contributed by atoms with Gasteiger partial charge in [-0.15, -0.1) is 0 Å². The minimum Gasteiger partial charge on any atom is -0.494 e. The van der Waals surface area contributed by atoms with E-state index in [-0.39, 0.29) is 19.1 Å². The van der Waals surface area contributed by atoms with Gasteiger partial charge in [0, 0.05) is 12.1 Å². The molecule has 0 unspecified atom stereocenters. The van der Waals surface area contributed by atoms with Gasteiger partial charge in [0.2, 0.25) is 12.7 Å². The van der Waals surface area contributed by atoms with E-state index >= 15 is 0 Å². The Kier molecular flexibility index (Phi) is 4.15. The van der Waals surface area contributed by atoms with Crippen LogP contribution in [0.25, 0.3) is 10.2 Å². The average Bonchev–Trinajstić information content (AvgIpc) is 3.19. The van der Waals surface area contributed by atoms with Crippen molar-refractivity contribution in [3.63, 3.8) is 0 Å². The highest BCUT2D eigenvalue weighted by atomic mass is 32.1. The normalized spacial score (nSPS) is 12.4. The van der Waals surface area contributed by atoms with Crippen molar-refractivity contribution in [3.8, 4) is 17.2 Å². The Morgan fingerprint density at radius 3 is 2.76 bits per heavy atom. The van der Waals surface area contributed by atoms with Gasteiger partial charge in [-0.25, -0.2) is 4.98 Å². The quantitative estimate of drug-likeness (QED) is 0.756. The van der Waals surface area contributed by atoms with E-state index in [1.54, 1.807) is 0 Å². The molecule has 2 aromatic carbocycles. The Morgan fingerprint density at radius 1 is 1.24 bits per heavy atom. The molecule has 0 saturated heterocycles. The SMILES string of the molecule is CCOc1ccc(CC(=O)Nc2nc3cc4c(cc3s2)OCO4)cc1. The monoisotopic (exact) mass is 356 g/mol. The van der Waals surface area contributed by atoms with E-state index in [0.29, 0.717) is 23.2 Å². The molecule has 4 rings (SSSR count). The summed E-state index contributed by atoms with van der Waals surface area (Å²) in [7, 11) is 0. The minimum atomic E-state index is -0.108. The number of nitrogens with zero attached hydrogens (tertiary/aromatic N) is 1. The van der Waals surface area contributed by atoms with Crippen LogP contribution in [-0.2, 0) is 11.2 Å². The molecule has 1 N–H and O–H groups in total. The highest BCUT2D eigenvalue weighted by Crippen LogP contribution is 2.38. The smallest absolute Gasteiger partial charge is 0.231 e. The number of hydrogen-bond donors (Lipinski definition) is 1. The van der Waals surface area contributed by atoms with Crippen molar-refractivity contribution in [2.45, 2.75) is 13.3 Å². The van der Waals surface area contributed by atoms with E-state index in [0.717, 1.165) is 21.5 Å². The summed E-state index contributed by atoms with van der Waals surface area (Å²) in [6.07, 6.45) is 0.283. The number of carbonyl (C=O) groups is 1. The second-order valence-corrected chi connectivity index (χ2v) is 6.52. The Bertz CT molecular complexity index is 880. The van der Waals surface area contributed by atoms with Crippen LogP contribution in [0, 0.1) is 0 Å². The highest BCUT2D eigenvalue weighted by molar-refractivity contribution is 7.22. The predicted molar refractivity (Wildman–Crippen MR) is 95.7 cm³/mol. The molecule has 7 heteroatoms. The summed E-state index contributed by atoms with van der Waals surface area (Å²) in [5.74, 6) is 2.09. The Balaban J connectivity index is 1.44. The molecule has 1 aliphatic heterocycles. The molecule has 0 fully saturated rings. The Hall–Kier alpha value is -2.80. The Morgan fingerprint density at radius 2 is 2.00 bits per heavy atom. The number of rotatable bonds is 5. The van der Waals surface area contributed by atoms with E-state index < -0.39 is 0 Å². The van der Waals surface area contributed by atoms with Crippen LogP contribution in [0.15, 0.2) is 36.4 Å². The first-order valence-electron chi connectivity index (χ1n) is 7.93. The Labute approximate surface area is 148 Å². The molecule has 25 heavy (non-hydrogen) atoms. The van der Waals surface area contributed by atoms with Gasteiger partial charge in [-0.3, -0.25) is 4.79 Å². The van der Waals surface area contributed by atoms with E-state index in [1.807, 2.05) is 43.3 Å². The zero-order valence-corrected chi connectivity index (χ0v) is 14.4. The van der Waals surface area contributed by atoms with Crippen LogP contribution in [0.2, 0.25) is 0 Å². The number of carbonyl (C=O) groups excluding carboxylic acids is 1. The molecule has 3 aromatic rings. The van der Waals surface area contributed by atoms with Crippen molar-refractivity contribution in [2.75, 3.05) is 18.7 Å². The largest absolute Gasteiger partial charge is 0.494 e. The van der Waals surface area contributed by atoms with Crippen molar-refractivity contribution < 1.29 is 19.0 Å². The number of benzene rings is 2. The van der Waals surface area contributed by atoms with Crippen molar-refractivity contribution in [3.05, 3.63) is 42.0 Å². The van der Waals surface area contributed by atoms with Crippen molar-refractivity contribution in [1.82, 2.24) is 4.98 Å². The van der Waals surface area contributed by atoms with Crippen LogP contribution >= 0.6 is 11.3 Å². The fraction of sp³-hybridized carbons (Fsp3) is 0.222. The summed E-state index contributed by atoms with van der Waals surface area (Å²) >= 11 is 1.41. The number of hydrogen-bond acceptors (Lipinski definition) is 6. The lowest BCUT2D eigenvalue weighted by Crippen LogP contribution is -2.14. The van der Waals surface area contributed by atoms with Gasteiger partial charge in [0.05, 0.1) is 23.2 Å². The first kappa shape index (κ1) is 15.7. The molecular weight excluding hydrogens is 340 g/mol. The van der Waals surface area contributed by atoms with E-state index in [4.69, 9.17) is 14.2 Å². The van der Waals surface area contributed by atoms with Crippen molar-refractivity contribution in [2.24, 2.45) is 0 Å². The summed E-state index contributed by atoms with van der Waals surface area (Å²) in [6, 6.07) is 11.2. The molecule has 2 heterocycles. The third-order valence-corrected chi connectivity index (χ3v) is 4.66. The molecule has 0 atom stereocenters. The van der Waals surface area contributed by atoms with Gasteiger partial charge in [-0.1, -0.05) is 23.5 Å². The molecule has 1 aromatic heterocycles. The summed E-state index contributed by atoms with van der Waals surface area (Å²) in [4.78, 5) is 16.7. The first-order valence-corrected chi connectivity index (χ1v) is 8.74. The van der Waals surface area contributed by atoms with E-state index in [1.165, 1.54) is 11.3 Å². The maximum atomic E-state index is 12.2. The van der Waals surface area contributed by atoms with Gasteiger partial charge in [-0.05, 0) is 24.6 Å². The number of anilines is 1. The second kappa shape index (κ2) is 6.60. The molecule has 1 aliphatic rings. The van der Waals surface area contributed by atoms with Gasteiger partial charge in [0.1, 0.15) is 5.75 Å². The number of nitrogens with one attached hydrogen (secondary N) is 1. The lowest BCUT2D eigenvalue weighted by molar-refractivity contribution is -0.115. The van der Waals surface area contributed by atoms with Gasteiger partial charge >= 0.3 is 0 Å². The fourth-order valence-electron chi connectivity index (χ4n) is 2.59. The molecule has 0 bridgehead atoms. The first-order chi connectivity index (χ1) is 12.2. The third-order valence-electron chi connectivity index (χ3n) is 3.73.